The van der Waals surface area contributed by atoms with Crippen LogP contribution < -0.4 is 10.1 Å². The maximum atomic E-state index is 5.60. The lowest BCUT2D eigenvalue weighted by Gasteiger charge is -2.13. The molecule has 2 aromatic rings. The molecule has 0 bridgehead atoms. The van der Waals surface area contributed by atoms with Gasteiger partial charge in [-0.3, -0.25) is 0 Å². The molecule has 21 heavy (non-hydrogen) atoms. The number of aryl methyl sites for hydroxylation is 2. The molecule has 2 aromatic carbocycles. The SMILES string of the molecule is CCOc1c(Br)cc(CNc2ccc(C)c(C)c2)cc1Br. The van der Waals surface area contributed by atoms with Crippen LogP contribution in [0.1, 0.15) is 23.6 Å². The Kier molecular flexibility index (Phi) is 5.71. The van der Waals surface area contributed by atoms with Crippen LogP contribution in [0.5, 0.6) is 5.75 Å². The topological polar surface area (TPSA) is 21.3 Å². The lowest BCUT2D eigenvalue weighted by Crippen LogP contribution is -2.01. The Morgan fingerprint density at radius 2 is 1.67 bits per heavy atom. The van der Waals surface area contributed by atoms with Crippen molar-refractivity contribution in [1.29, 1.82) is 0 Å². The van der Waals surface area contributed by atoms with E-state index in [9.17, 15) is 0 Å². The van der Waals surface area contributed by atoms with Crippen LogP contribution in [0.3, 0.4) is 0 Å². The largest absolute Gasteiger partial charge is 0.492 e. The summed E-state index contributed by atoms with van der Waals surface area (Å²) in [6.45, 7) is 7.65. The van der Waals surface area contributed by atoms with E-state index < -0.39 is 0 Å². The summed E-state index contributed by atoms with van der Waals surface area (Å²) in [6.07, 6.45) is 0. The first-order valence-corrected chi connectivity index (χ1v) is 8.51. The highest BCUT2D eigenvalue weighted by Crippen LogP contribution is 2.35. The molecule has 0 amide bonds. The van der Waals surface area contributed by atoms with Gasteiger partial charge in [-0.1, -0.05) is 6.07 Å². The highest BCUT2D eigenvalue weighted by atomic mass is 79.9. The van der Waals surface area contributed by atoms with Gasteiger partial charge in [0.05, 0.1) is 15.6 Å². The van der Waals surface area contributed by atoms with E-state index in [1.165, 1.54) is 16.7 Å². The van der Waals surface area contributed by atoms with Crippen LogP contribution in [-0.2, 0) is 6.54 Å². The van der Waals surface area contributed by atoms with Crippen molar-refractivity contribution in [3.05, 3.63) is 56.0 Å². The molecule has 0 aromatic heterocycles. The summed E-state index contributed by atoms with van der Waals surface area (Å²) in [5.74, 6) is 0.854. The maximum absolute atomic E-state index is 5.60. The third-order valence-corrected chi connectivity index (χ3v) is 4.53. The predicted octanol–water partition coefficient (Wildman–Crippen LogP) is 5.84. The van der Waals surface area contributed by atoms with E-state index >= 15 is 0 Å². The highest BCUT2D eigenvalue weighted by Gasteiger charge is 2.08. The van der Waals surface area contributed by atoms with Gasteiger partial charge in [-0.25, -0.2) is 0 Å². The molecule has 2 nitrogen and oxygen atoms in total. The molecule has 0 heterocycles. The zero-order chi connectivity index (χ0) is 15.4. The first-order chi connectivity index (χ1) is 10.0. The fourth-order valence-electron chi connectivity index (χ4n) is 2.05. The van der Waals surface area contributed by atoms with E-state index in [0.717, 1.165) is 26.9 Å². The minimum absolute atomic E-state index is 0.650. The fourth-order valence-corrected chi connectivity index (χ4v) is 3.56. The van der Waals surface area contributed by atoms with E-state index in [1.807, 2.05) is 6.92 Å². The van der Waals surface area contributed by atoms with Crippen molar-refractivity contribution in [1.82, 2.24) is 0 Å². The van der Waals surface area contributed by atoms with Crippen LogP contribution in [0.2, 0.25) is 0 Å². The third kappa shape index (κ3) is 4.24. The zero-order valence-electron chi connectivity index (χ0n) is 12.5. The summed E-state index contributed by atoms with van der Waals surface area (Å²) < 4.78 is 7.54. The molecule has 2 rings (SSSR count). The molecule has 112 valence electrons. The van der Waals surface area contributed by atoms with Crippen molar-refractivity contribution < 1.29 is 4.74 Å². The van der Waals surface area contributed by atoms with E-state index in [0.29, 0.717) is 6.61 Å². The number of ether oxygens (including phenoxy) is 1. The normalized spacial score (nSPS) is 10.5. The predicted molar refractivity (Wildman–Crippen MR) is 96.3 cm³/mol. The van der Waals surface area contributed by atoms with E-state index in [1.54, 1.807) is 0 Å². The summed E-state index contributed by atoms with van der Waals surface area (Å²) in [7, 11) is 0. The van der Waals surface area contributed by atoms with Gasteiger partial charge in [0.1, 0.15) is 5.75 Å². The molecule has 0 saturated heterocycles. The second-order valence-corrected chi connectivity index (χ2v) is 6.68. The molecular weight excluding hydrogens is 394 g/mol. The smallest absolute Gasteiger partial charge is 0.147 e. The van der Waals surface area contributed by atoms with Crippen LogP contribution in [0.15, 0.2) is 39.3 Å². The molecule has 0 aliphatic rings. The number of nitrogens with one attached hydrogen (secondary N) is 1. The van der Waals surface area contributed by atoms with E-state index in [4.69, 9.17) is 4.74 Å². The summed E-state index contributed by atoms with van der Waals surface area (Å²) in [5.41, 5.74) is 4.94. The second kappa shape index (κ2) is 7.32. The molecule has 0 aliphatic heterocycles. The van der Waals surface area contributed by atoms with Crippen molar-refractivity contribution in [3.8, 4) is 5.75 Å². The number of hydrogen-bond acceptors (Lipinski definition) is 2. The van der Waals surface area contributed by atoms with Gasteiger partial charge in [-0.2, -0.15) is 0 Å². The molecule has 0 radical (unpaired) electrons. The number of anilines is 1. The molecule has 0 fully saturated rings. The summed E-state index contributed by atoms with van der Waals surface area (Å²) >= 11 is 7.13. The van der Waals surface area contributed by atoms with Crippen molar-refractivity contribution in [2.45, 2.75) is 27.3 Å². The third-order valence-electron chi connectivity index (χ3n) is 3.35. The van der Waals surface area contributed by atoms with Crippen molar-refractivity contribution in [2.75, 3.05) is 11.9 Å². The molecule has 4 heteroatoms. The van der Waals surface area contributed by atoms with Crippen molar-refractivity contribution in [3.63, 3.8) is 0 Å². The second-order valence-electron chi connectivity index (χ2n) is 4.97. The fraction of sp³-hybridized carbons (Fsp3) is 0.294. The lowest BCUT2D eigenvalue weighted by atomic mass is 10.1. The monoisotopic (exact) mass is 411 g/mol. The standard InChI is InChI=1S/C17H19Br2NO/c1-4-21-17-15(18)8-13(9-16(17)19)10-20-14-6-5-11(2)12(3)7-14/h5-9,20H,4,10H2,1-3H3. The number of benzene rings is 2. The Morgan fingerprint density at radius 3 is 2.24 bits per heavy atom. The molecule has 0 spiro atoms. The molecular formula is C17H19Br2NO. The molecule has 0 atom stereocenters. The van der Waals surface area contributed by atoms with Gasteiger partial charge >= 0.3 is 0 Å². The van der Waals surface area contributed by atoms with Gasteiger partial charge in [0.25, 0.3) is 0 Å². The summed E-state index contributed by atoms with van der Waals surface area (Å²) in [4.78, 5) is 0. The zero-order valence-corrected chi connectivity index (χ0v) is 15.6. The summed E-state index contributed by atoms with van der Waals surface area (Å²) in [6, 6.07) is 10.6. The van der Waals surface area contributed by atoms with Gasteiger partial charge in [0, 0.05) is 12.2 Å². The first kappa shape index (κ1) is 16.4. The first-order valence-electron chi connectivity index (χ1n) is 6.93. The Labute approximate surface area is 143 Å². The lowest BCUT2D eigenvalue weighted by molar-refractivity contribution is 0.336. The van der Waals surface area contributed by atoms with E-state index in [2.05, 4.69) is 81.4 Å². The van der Waals surface area contributed by atoms with Gasteiger partial charge < -0.3 is 10.1 Å². The van der Waals surface area contributed by atoms with Crippen LogP contribution in [0.25, 0.3) is 0 Å². The average molecular weight is 413 g/mol. The van der Waals surface area contributed by atoms with E-state index in [-0.39, 0.29) is 0 Å². The van der Waals surface area contributed by atoms with Crippen LogP contribution in [0, 0.1) is 13.8 Å². The van der Waals surface area contributed by atoms with Crippen LogP contribution in [-0.4, -0.2) is 6.61 Å². The molecule has 0 aliphatic carbocycles. The van der Waals surface area contributed by atoms with Gasteiger partial charge in [-0.15, -0.1) is 0 Å². The molecule has 0 saturated carbocycles. The average Bonchev–Trinajstić information content (AvgIpc) is 2.44. The van der Waals surface area contributed by atoms with Crippen molar-refractivity contribution >= 4 is 37.5 Å². The Balaban J connectivity index is 2.11. The minimum Gasteiger partial charge on any atom is -0.492 e. The highest BCUT2D eigenvalue weighted by molar-refractivity contribution is 9.11. The molecule has 1 N–H and O–H groups in total. The van der Waals surface area contributed by atoms with Crippen LogP contribution in [0.4, 0.5) is 5.69 Å². The Morgan fingerprint density at radius 1 is 1.00 bits per heavy atom. The quantitative estimate of drug-likeness (QED) is 0.665. The maximum Gasteiger partial charge on any atom is 0.147 e. The van der Waals surface area contributed by atoms with Crippen molar-refractivity contribution in [2.24, 2.45) is 0 Å². The molecule has 0 unspecified atom stereocenters. The Bertz CT molecular complexity index is 618. The van der Waals surface area contributed by atoms with Gasteiger partial charge in [-0.05, 0) is 93.6 Å². The minimum atomic E-state index is 0.650. The van der Waals surface area contributed by atoms with Gasteiger partial charge in [0.15, 0.2) is 0 Å². The van der Waals surface area contributed by atoms with Crippen LogP contribution >= 0.6 is 31.9 Å². The number of hydrogen-bond donors (Lipinski definition) is 1. The Hall–Kier alpha value is -1.00. The summed E-state index contributed by atoms with van der Waals surface area (Å²) in [5, 5.41) is 3.45. The number of halogens is 2. The number of rotatable bonds is 5. The van der Waals surface area contributed by atoms with Gasteiger partial charge in [0.2, 0.25) is 0 Å².